The summed E-state index contributed by atoms with van der Waals surface area (Å²) in [5.41, 5.74) is 3.81. The molecular weight excluding hydrogens is 290 g/mol. The van der Waals surface area contributed by atoms with Crippen molar-refractivity contribution in [3.63, 3.8) is 0 Å². The molecule has 1 fully saturated rings. The zero-order valence-corrected chi connectivity index (χ0v) is 14.0. The van der Waals surface area contributed by atoms with Crippen molar-refractivity contribution in [1.82, 2.24) is 10.2 Å². The van der Waals surface area contributed by atoms with Crippen LogP contribution in [0.5, 0.6) is 0 Å². The molecule has 2 aliphatic rings. The molecule has 0 aromatic heterocycles. The highest BCUT2D eigenvalue weighted by molar-refractivity contribution is 5.83. The van der Waals surface area contributed by atoms with Gasteiger partial charge in [0.05, 0.1) is 6.54 Å². The van der Waals surface area contributed by atoms with Crippen LogP contribution in [0.3, 0.4) is 0 Å². The second-order valence-electron chi connectivity index (χ2n) is 6.63. The van der Waals surface area contributed by atoms with Gasteiger partial charge in [0.2, 0.25) is 11.8 Å². The van der Waals surface area contributed by atoms with Gasteiger partial charge in [0, 0.05) is 38.3 Å². The number of amides is 2. The predicted octanol–water partition coefficient (Wildman–Crippen LogP) is 1.48. The van der Waals surface area contributed by atoms with Crippen LogP contribution < -0.4 is 10.2 Å². The van der Waals surface area contributed by atoms with Gasteiger partial charge >= 0.3 is 0 Å². The fourth-order valence-corrected chi connectivity index (χ4v) is 3.77. The summed E-state index contributed by atoms with van der Waals surface area (Å²) in [6, 6.07) is 6.44. The molecule has 5 nitrogen and oxygen atoms in total. The molecule has 1 atom stereocenters. The van der Waals surface area contributed by atoms with Gasteiger partial charge in [0.25, 0.3) is 0 Å². The van der Waals surface area contributed by atoms with Crippen molar-refractivity contribution in [3.05, 3.63) is 29.3 Å². The molecule has 2 amide bonds. The number of aryl methyl sites for hydroxylation is 1. The number of benzene rings is 1. The smallest absolute Gasteiger partial charge is 0.242 e. The minimum absolute atomic E-state index is 0.0200. The summed E-state index contributed by atoms with van der Waals surface area (Å²) in [7, 11) is 0. The summed E-state index contributed by atoms with van der Waals surface area (Å²) in [5.74, 6) is 0.143. The highest BCUT2D eigenvalue weighted by atomic mass is 16.2. The number of para-hydroxylation sites is 1. The van der Waals surface area contributed by atoms with Crippen molar-refractivity contribution in [3.8, 4) is 0 Å². The van der Waals surface area contributed by atoms with Crippen LogP contribution in [0.4, 0.5) is 5.69 Å². The molecular formula is C18H25N3O2. The van der Waals surface area contributed by atoms with Crippen LogP contribution in [-0.4, -0.2) is 48.9 Å². The van der Waals surface area contributed by atoms with Gasteiger partial charge in [0.15, 0.2) is 0 Å². The van der Waals surface area contributed by atoms with E-state index in [-0.39, 0.29) is 17.9 Å². The first-order chi connectivity index (χ1) is 11.0. The molecule has 23 heavy (non-hydrogen) atoms. The maximum atomic E-state index is 12.7. The largest absolute Gasteiger partial charge is 0.361 e. The summed E-state index contributed by atoms with van der Waals surface area (Å²) in [6.07, 6.45) is 2.92. The van der Waals surface area contributed by atoms with E-state index in [9.17, 15) is 9.59 Å². The second-order valence-corrected chi connectivity index (χ2v) is 6.63. The average Bonchev–Trinajstić information content (AvgIpc) is 2.91. The molecule has 0 spiro atoms. The summed E-state index contributed by atoms with van der Waals surface area (Å²) in [5, 5.41) is 2.94. The number of carbonyl (C=O) groups is 2. The van der Waals surface area contributed by atoms with E-state index in [0.29, 0.717) is 13.1 Å². The predicted molar refractivity (Wildman–Crippen MR) is 90.5 cm³/mol. The number of nitrogens with one attached hydrogen (secondary N) is 1. The van der Waals surface area contributed by atoms with E-state index >= 15 is 0 Å². The molecule has 5 heteroatoms. The van der Waals surface area contributed by atoms with E-state index in [1.807, 2.05) is 4.90 Å². The number of hydrogen-bond donors (Lipinski definition) is 1. The summed E-state index contributed by atoms with van der Waals surface area (Å²) >= 11 is 0. The number of nitrogens with zero attached hydrogens (tertiary/aromatic N) is 2. The van der Waals surface area contributed by atoms with E-state index in [1.165, 1.54) is 23.7 Å². The lowest BCUT2D eigenvalue weighted by molar-refractivity contribution is -0.132. The number of carbonyl (C=O) groups excluding carboxylic acids is 2. The maximum absolute atomic E-state index is 12.7. The summed E-state index contributed by atoms with van der Waals surface area (Å²) < 4.78 is 0. The molecule has 3 rings (SSSR count). The first kappa shape index (κ1) is 15.8. The summed E-state index contributed by atoms with van der Waals surface area (Å²) in [4.78, 5) is 28.0. The van der Waals surface area contributed by atoms with Crippen molar-refractivity contribution in [2.45, 2.75) is 39.2 Å². The van der Waals surface area contributed by atoms with Gasteiger partial charge in [-0.3, -0.25) is 9.59 Å². The van der Waals surface area contributed by atoms with Crippen molar-refractivity contribution >= 4 is 17.5 Å². The van der Waals surface area contributed by atoms with Gasteiger partial charge in [-0.15, -0.1) is 0 Å². The molecule has 1 N–H and O–H groups in total. The first-order valence-electron chi connectivity index (χ1n) is 8.43. The van der Waals surface area contributed by atoms with E-state index in [4.69, 9.17) is 0 Å². The Hall–Kier alpha value is -2.04. The van der Waals surface area contributed by atoms with Crippen LogP contribution in [0, 0.1) is 6.92 Å². The number of likely N-dealkylation sites (tertiary alicyclic amines) is 1. The van der Waals surface area contributed by atoms with Crippen LogP contribution in [0.1, 0.15) is 30.9 Å². The van der Waals surface area contributed by atoms with E-state index in [2.05, 4.69) is 35.3 Å². The number of fused-ring (bicyclic) bond motifs is 1. The molecule has 0 bridgehead atoms. The standard InChI is InChI=1S/C18H25N3O2/c1-13-5-3-6-15-8-10-21(18(13)15)12-17(23)20-9-4-7-16(11-20)19-14(2)22/h3,5-6,16H,4,7-12H2,1-2H3,(H,19,22). The first-order valence-corrected chi connectivity index (χ1v) is 8.43. The van der Waals surface area contributed by atoms with Crippen LogP contribution in [0.25, 0.3) is 0 Å². The van der Waals surface area contributed by atoms with Gasteiger partial charge in [0.1, 0.15) is 0 Å². The molecule has 0 saturated carbocycles. The van der Waals surface area contributed by atoms with Gasteiger partial charge in [-0.25, -0.2) is 0 Å². The van der Waals surface area contributed by atoms with Crippen LogP contribution in [0.15, 0.2) is 18.2 Å². The molecule has 2 heterocycles. The Kier molecular flexibility index (Phi) is 4.55. The molecule has 1 saturated heterocycles. The average molecular weight is 315 g/mol. The van der Waals surface area contributed by atoms with Gasteiger partial charge in [-0.2, -0.15) is 0 Å². The highest BCUT2D eigenvalue weighted by Gasteiger charge is 2.28. The molecule has 2 aliphatic heterocycles. The van der Waals surface area contributed by atoms with Crippen molar-refractivity contribution < 1.29 is 9.59 Å². The topological polar surface area (TPSA) is 52.7 Å². The van der Waals surface area contributed by atoms with E-state index in [0.717, 1.165) is 32.4 Å². The van der Waals surface area contributed by atoms with E-state index in [1.54, 1.807) is 0 Å². The Labute approximate surface area is 137 Å². The Balaban J connectivity index is 1.63. The molecule has 124 valence electrons. The molecule has 0 radical (unpaired) electrons. The molecule has 1 unspecified atom stereocenters. The van der Waals surface area contributed by atoms with E-state index < -0.39 is 0 Å². The molecule has 1 aromatic carbocycles. The lowest BCUT2D eigenvalue weighted by Gasteiger charge is -2.34. The Morgan fingerprint density at radius 1 is 1.30 bits per heavy atom. The monoisotopic (exact) mass is 315 g/mol. The van der Waals surface area contributed by atoms with Gasteiger partial charge in [-0.1, -0.05) is 18.2 Å². The third kappa shape index (κ3) is 3.49. The van der Waals surface area contributed by atoms with Crippen molar-refractivity contribution in [2.24, 2.45) is 0 Å². The third-order valence-electron chi connectivity index (χ3n) is 4.80. The van der Waals surface area contributed by atoms with Crippen LogP contribution in [0.2, 0.25) is 0 Å². The molecule has 0 aliphatic carbocycles. The lowest BCUT2D eigenvalue weighted by Crippen LogP contribution is -2.51. The Bertz CT molecular complexity index is 614. The highest BCUT2D eigenvalue weighted by Crippen LogP contribution is 2.31. The van der Waals surface area contributed by atoms with Crippen LogP contribution >= 0.6 is 0 Å². The number of anilines is 1. The quantitative estimate of drug-likeness (QED) is 0.919. The molecule has 1 aromatic rings. The zero-order chi connectivity index (χ0) is 16.4. The SMILES string of the molecule is CC(=O)NC1CCCN(C(=O)CN2CCc3cccc(C)c32)C1. The maximum Gasteiger partial charge on any atom is 0.242 e. The minimum Gasteiger partial charge on any atom is -0.361 e. The second kappa shape index (κ2) is 6.60. The number of piperidine rings is 1. The summed E-state index contributed by atoms with van der Waals surface area (Å²) in [6.45, 7) is 6.41. The normalized spacial score (nSPS) is 20.3. The Morgan fingerprint density at radius 3 is 2.91 bits per heavy atom. The zero-order valence-electron chi connectivity index (χ0n) is 14.0. The fourth-order valence-electron chi connectivity index (χ4n) is 3.77. The number of rotatable bonds is 3. The Morgan fingerprint density at radius 2 is 2.13 bits per heavy atom. The lowest BCUT2D eigenvalue weighted by atomic mass is 10.1. The number of hydrogen-bond acceptors (Lipinski definition) is 3. The van der Waals surface area contributed by atoms with Gasteiger partial charge in [-0.05, 0) is 37.3 Å². The fraction of sp³-hybridized carbons (Fsp3) is 0.556. The van der Waals surface area contributed by atoms with Crippen molar-refractivity contribution in [1.29, 1.82) is 0 Å². The third-order valence-corrected chi connectivity index (χ3v) is 4.80. The van der Waals surface area contributed by atoms with Crippen molar-refractivity contribution in [2.75, 3.05) is 31.1 Å². The minimum atomic E-state index is -0.0200. The van der Waals surface area contributed by atoms with Crippen LogP contribution in [-0.2, 0) is 16.0 Å². The van der Waals surface area contributed by atoms with Gasteiger partial charge < -0.3 is 15.1 Å².